The number of nitrogens with zero attached hydrogens (tertiary/aromatic N) is 1. The summed E-state index contributed by atoms with van der Waals surface area (Å²) in [4.78, 5) is 0. The van der Waals surface area contributed by atoms with Crippen LogP contribution in [0.1, 0.15) is 30.9 Å². The van der Waals surface area contributed by atoms with Crippen molar-refractivity contribution in [3.05, 3.63) is 35.1 Å². The van der Waals surface area contributed by atoms with Crippen LogP contribution in [0.3, 0.4) is 0 Å². The van der Waals surface area contributed by atoms with Gasteiger partial charge < -0.3 is 10.5 Å². The molecule has 2 N–H and O–H groups in total. The van der Waals surface area contributed by atoms with Crippen LogP contribution in [0.2, 0.25) is 0 Å². The van der Waals surface area contributed by atoms with Gasteiger partial charge in [0.15, 0.2) is 5.75 Å². The van der Waals surface area contributed by atoms with Crippen molar-refractivity contribution < 1.29 is 13.5 Å². The van der Waals surface area contributed by atoms with E-state index in [0.29, 0.717) is 16.5 Å². The summed E-state index contributed by atoms with van der Waals surface area (Å²) in [5, 5.41) is 10.1. The first kappa shape index (κ1) is 14.1. The van der Waals surface area contributed by atoms with Gasteiger partial charge in [0, 0.05) is 11.1 Å². The smallest absolute Gasteiger partial charge is 0.228 e. The van der Waals surface area contributed by atoms with Gasteiger partial charge in [-0.25, -0.2) is 8.78 Å². The maximum absolute atomic E-state index is 13.9. The summed E-state index contributed by atoms with van der Waals surface area (Å²) in [6.45, 7) is 2.74. The predicted octanol–water partition coefficient (Wildman–Crippen LogP) is 3.86. The second-order valence-electron chi connectivity index (χ2n) is 4.79. The molecule has 0 unspecified atom stereocenters. The van der Waals surface area contributed by atoms with Gasteiger partial charge in [-0.3, -0.25) is 0 Å². The van der Waals surface area contributed by atoms with Crippen LogP contribution < -0.4 is 10.5 Å². The highest BCUT2D eigenvalue weighted by Crippen LogP contribution is 2.38. The molecule has 3 nitrogen and oxygen atoms in total. The molecule has 0 radical (unpaired) electrons. The summed E-state index contributed by atoms with van der Waals surface area (Å²) in [6.07, 6.45) is 0. The molecule has 0 atom stereocenters. The summed E-state index contributed by atoms with van der Waals surface area (Å²) in [5.74, 6) is -0.738. The Morgan fingerprint density at radius 3 is 2.60 bits per heavy atom. The summed E-state index contributed by atoms with van der Waals surface area (Å²) in [7, 11) is 0. The van der Waals surface area contributed by atoms with Crippen LogP contribution in [0.5, 0.6) is 5.75 Å². The fourth-order valence-electron chi connectivity index (χ4n) is 2.29. The number of anilines is 1. The Morgan fingerprint density at radius 1 is 1.35 bits per heavy atom. The molecule has 20 heavy (non-hydrogen) atoms. The molecule has 0 aliphatic rings. The fraction of sp³-hybridized carbons (Fsp3) is 0.267. The van der Waals surface area contributed by atoms with E-state index < -0.39 is 12.7 Å². The molecule has 2 aromatic carbocycles. The van der Waals surface area contributed by atoms with Crippen molar-refractivity contribution in [2.24, 2.45) is 0 Å². The lowest BCUT2D eigenvalue weighted by Crippen LogP contribution is -2.02. The molecule has 0 amide bonds. The van der Waals surface area contributed by atoms with Crippen molar-refractivity contribution in [2.45, 2.75) is 19.8 Å². The SMILES string of the molecule is CC(C)c1cc(N)cc2cc(F)c(C#N)c(OCF)c12. The van der Waals surface area contributed by atoms with E-state index in [0.717, 1.165) is 5.56 Å². The Balaban J connectivity index is 2.97. The molecule has 0 spiro atoms. The summed E-state index contributed by atoms with van der Waals surface area (Å²) >= 11 is 0. The van der Waals surface area contributed by atoms with E-state index in [1.165, 1.54) is 6.07 Å². The zero-order valence-corrected chi connectivity index (χ0v) is 11.2. The quantitative estimate of drug-likeness (QED) is 0.866. The molecule has 0 aromatic heterocycles. The normalized spacial score (nSPS) is 10.8. The molecule has 104 valence electrons. The number of nitriles is 1. The lowest BCUT2D eigenvalue weighted by Gasteiger charge is -2.16. The molecular weight excluding hydrogens is 262 g/mol. The summed E-state index contributed by atoms with van der Waals surface area (Å²) < 4.78 is 31.4. The number of nitrogen functional groups attached to an aromatic ring is 1. The van der Waals surface area contributed by atoms with Gasteiger partial charge in [-0.05, 0) is 35.1 Å². The maximum Gasteiger partial charge on any atom is 0.228 e. The number of rotatable bonds is 3. The van der Waals surface area contributed by atoms with E-state index in [1.807, 2.05) is 13.8 Å². The highest BCUT2D eigenvalue weighted by atomic mass is 19.1. The van der Waals surface area contributed by atoms with E-state index in [2.05, 4.69) is 0 Å². The number of hydrogen-bond acceptors (Lipinski definition) is 3. The molecule has 0 bridgehead atoms. The molecular formula is C15H14F2N2O. The zero-order valence-electron chi connectivity index (χ0n) is 11.2. The van der Waals surface area contributed by atoms with Crippen molar-refractivity contribution in [1.82, 2.24) is 0 Å². The summed E-state index contributed by atoms with van der Waals surface area (Å²) in [6, 6.07) is 6.26. The zero-order chi connectivity index (χ0) is 14.9. The van der Waals surface area contributed by atoms with E-state index in [-0.39, 0.29) is 17.2 Å². The van der Waals surface area contributed by atoms with E-state index in [4.69, 9.17) is 15.7 Å². The molecule has 0 aliphatic carbocycles. The van der Waals surface area contributed by atoms with Gasteiger partial charge in [0.1, 0.15) is 17.4 Å². The van der Waals surface area contributed by atoms with Gasteiger partial charge in [0.05, 0.1) is 0 Å². The third-order valence-electron chi connectivity index (χ3n) is 3.13. The molecule has 2 rings (SSSR count). The van der Waals surface area contributed by atoms with Crippen LogP contribution in [0.4, 0.5) is 14.5 Å². The van der Waals surface area contributed by atoms with Crippen LogP contribution in [0.15, 0.2) is 18.2 Å². The van der Waals surface area contributed by atoms with Crippen LogP contribution in [0.25, 0.3) is 10.8 Å². The minimum absolute atomic E-state index is 0.0614. The third kappa shape index (κ3) is 2.25. The number of hydrogen-bond donors (Lipinski definition) is 1. The van der Waals surface area contributed by atoms with Gasteiger partial charge in [0.2, 0.25) is 6.86 Å². The standard InChI is InChI=1S/C15H14F2N2O/c1-8(2)11-5-10(19)3-9-4-13(17)12(6-18)15(14(9)11)20-7-16/h3-5,8H,7,19H2,1-2H3. The highest BCUT2D eigenvalue weighted by Gasteiger charge is 2.19. The predicted molar refractivity (Wildman–Crippen MR) is 73.7 cm³/mol. The van der Waals surface area contributed by atoms with Crippen LogP contribution in [-0.4, -0.2) is 6.86 Å². The lowest BCUT2D eigenvalue weighted by atomic mass is 9.93. The first-order valence-corrected chi connectivity index (χ1v) is 6.14. The highest BCUT2D eigenvalue weighted by molar-refractivity contribution is 5.96. The Bertz CT molecular complexity index is 705. The number of benzene rings is 2. The Morgan fingerprint density at radius 2 is 2.05 bits per heavy atom. The van der Waals surface area contributed by atoms with Gasteiger partial charge in [0.25, 0.3) is 0 Å². The molecule has 0 aliphatic heterocycles. The monoisotopic (exact) mass is 276 g/mol. The molecule has 2 aromatic rings. The first-order chi connectivity index (χ1) is 9.49. The maximum atomic E-state index is 13.9. The number of nitrogens with two attached hydrogens (primary N) is 1. The minimum Gasteiger partial charge on any atom is -0.461 e. The molecule has 0 saturated carbocycles. The molecule has 0 saturated heterocycles. The van der Waals surface area contributed by atoms with E-state index >= 15 is 0 Å². The Labute approximate surface area is 115 Å². The van der Waals surface area contributed by atoms with E-state index in [9.17, 15) is 8.78 Å². The van der Waals surface area contributed by atoms with Crippen LogP contribution in [0, 0.1) is 17.1 Å². The minimum atomic E-state index is -1.13. The lowest BCUT2D eigenvalue weighted by molar-refractivity contribution is 0.193. The number of ether oxygens (including phenoxy) is 1. The largest absolute Gasteiger partial charge is 0.461 e. The first-order valence-electron chi connectivity index (χ1n) is 6.14. The number of halogens is 2. The average molecular weight is 276 g/mol. The van der Waals surface area contributed by atoms with Gasteiger partial charge in [-0.1, -0.05) is 13.8 Å². The molecule has 5 heteroatoms. The average Bonchev–Trinajstić information content (AvgIpc) is 2.37. The Hall–Kier alpha value is -2.35. The third-order valence-corrected chi connectivity index (χ3v) is 3.13. The molecule has 0 heterocycles. The van der Waals surface area contributed by atoms with Crippen LogP contribution in [-0.2, 0) is 0 Å². The van der Waals surface area contributed by atoms with Gasteiger partial charge in [-0.2, -0.15) is 5.26 Å². The van der Waals surface area contributed by atoms with Crippen molar-refractivity contribution in [2.75, 3.05) is 12.6 Å². The second-order valence-corrected chi connectivity index (χ2v) is 4.79. The Kier molecular flexibility index (Phi) is 3.75. The van der Waals surface area contributed by atoms with Gasteiger partial charge >= 0.3 is 0 Å². The van der Waals surface area contributed by atoms with Crippen molar-refractivity contribution >= 4 is 16.5 Å². The van der Waals surface area contributed by atoms with Gasteiger partial charge in [-0.15, -0.1) is 0 Å². The summed E-state index contributed by atoms with van der Waals surface area (Å²) in [5.41, 5.74) is 6.79. The number of alkyl halides is 1. The number of fused-ring (bicyclic) bond motifs is 1. The van der Waals surface area contributed by atoms with Crippen molar-refractivity contribution in [3.63, 3.8) is 0 Å². The van der Waals surface area contributed by atoms with Crippen molar-refractivity contribution in [1.29, 1.82) is 5.26 Å². The van der Waals surface area contributed by atoms with Crippen LogP contribution >= 0.6 is 0 Å². The molecule has 0 fully saturated rings. The second kappa shape index (κ2) is 5.33. The van der Waals surface area contributed by atoms with Crippen molar-refractivity contribution in [3.8, 4) is 11.8 Å². The fourth-order valence-corrected chi connectivity index (χ4v) is 2.29. The topological polar surface area (TPSA) is 59.0 Å². The van der Waals surface area contributed by atoms with E-state index in [1.54, 1.807) is 18.2 Å².